The van der Waals surface area contributed by atoms with Crippen molar-refractivity contribution in [1.82, 2.24) is 73.5 Å². The third-order valence-corrected chi connectivity index (χ3v) is 14.9. The number of nitrogens with two attached hydrogens (primary N) is 2. The maximum atomic E-state index is 14.2. The molecule has 474 valence electrons. The van der Waals surface area contributed by atoms with E-state index >= 15 is 0 Å². The summed E-state index contributed by atoms with van der Waals surface area (Å²) < 4.78 is 0. The van der Waals surface area contributed by atoms with Gasteiger partial charge < -0.3 is 90.2 Å². The van der Waals surface area contributed by atoms with Crippen LogP contribution in [0.4, 0.5) is 0 Å². The van der Waals surface area contributed by atoms with Crippen LogP contribution in [-0.2, 0) is 62.3 Å². The number of amidine groups is 1. The van der Waals surface area contributed by atoms with Crippen LogP contribution in [0.15, 0.2) is 4.99 Å². The molecule has 13 amide bonds. The van der Waals surface area contributed by atoms with E-state index in [4.69, 9.17) is 11.5 Å². The first-order valence-electron chi connectivity index (χ1n) is 27.4. The predicted octanol–water partition coefficient (Wildman–Crippen LogP) is -12.4. The molecule has 37 heteroatoms. The zero-order chi connectivity index (χ0) is 63.0. The Balaban J connectivity index is 1.09. The van der Waals surface area contributed by atoms with Gasteiger partial charge in [-0.25, -0.2) is 10.1 Å². The second-order valence-electron chi connectivity index (χ2n) is 21.2. The molecule has 0 bridgehead atoms. The van der Waals surface area contributed by atoms with Gasteiger partial charge in [0, 0.05) is 19.1 Å². The molecule has 0 aromatic rings. The highest BCUT2D eigenvalue weighted by molar-refractivity contribution is 5.99. The molecular formula is C48H77N17O20. The predicted molar refractivity (Wildman–Crippen MR) is 284 cm³/mol. The van der Waals surface area contributed by atoms with Gasteiger partial charge in [0.2, 0.25) is 65.0 Å². The summed E-state index contributed by atoms with van der Waals surface area (Å²) in [5.74, 6) is -13.0. The van der Waals surface area contributed by atoms with Gasteiger partial charge in [-0.05, 0) is 71.3 Å². The fourth-order valence-corrected chi connectivity index (χ4v) is 10.5. The Morgan fingerprint density at radius 1 is 0.741 bits per heavy atom. The van der Waals surface area contributed by atoms with Gasteiger partial charge in [-0.1, -0.05) is 0 Å². The Kier molecular flexibility index (Phi) is 25.1. The summed E-state index contributed by atoms with van der Waals surface area (Å²) in [5.41, 5.74) is 10.4. The molecule has 1 saturated carbocycles. The van der Waals surface area contributed by atoms with Gasteiger partial charge in [0.05, 0.1) is 76.1 Å². The fourth-order valence-electron chi connectivity index (χ4n) is 10.5. The number of piperidine rings is 2. The molecular weight excluding hydrogens is 1130 g/mol. The van der Waals surface area contributed by atoms with E-state index in [9.17, 15) is 98.3 Å². The summed E-state index contributed by atoms with van der Waals surface area (Å²) in [5, 5.41) is 99.6. The smallest absolute Gasteiger partial charge is 0.271 e. The quantitative estimate of drug-likeness (QED) is 0.0268. The van der Waals surface area contributed by atoms with E-state index in [-0.39, 0.29) is 68.6 Å². The highest BCUT2D eigenvalue weighted by Crippen LogP contribution is 2.40. The van der Waals surface area contributed by atoms with Gasteiger partial charge in [-0.3, -0.25) is 88.0 Å². The highest BCUT2D eigenvalue weighted by atomic mass is 16.5. The van der Waals surface area contributed by atoms with Crippen LogP contribution in [0.3, 0.4) is 0 Å². The van der Waals surface area contributed by atoms with Crippen LogP contribution in [0.5, 0.6) is 0 Å². The monoisotopic (exact) mass is 1210 g/mol. The summed E-state index contributed by atoms with van der Waals surface area (Å²) in [7, 11) is 0. The molecule has 0 aromatic carbocycles. The van der Waals surface area contributed by atoms with Gasteiger partial charge in [-0.2, -0.15) is 0 Å². The zero-order valence-electron chi connectivity index (χ0n) is 46.6. The summed E-state index contributed by atoms with van der Waals surface area (Å²) in [4.78, 5) is 172. The number of rotatable bonds is 27. The molecule has 15 unspecified atom stereocenters. The minimum absolute atomic E-state index is 0.00314. The second-order valence-corrected chi connectivity index (χ2v) is 21.2. The number of hydroxylamine groups is 4. The first kappa shape index (κ1) is 68.0. The molecule has 4 fully saturated rings. The van der Waals surface area contributed by atoms with Crippen molar-refractivity contribution >= 4 is 82.6 Å². The SMILES string of the molecule is CC(NC(=O)CNC(=O)C(C)NC(=O)C(CC(N)=O)N(O)C(=O)C(CO)NC(=O)CNC(=O)C1CCN=C(C(CO)NC(=O)C2CCNC3C(NC(=O)CC(O)C(N)=O)CC4CC(O)C(O)CC4N23)N1)C(=O)NCC(=O)NC1CCCN(O)C1=O. The summed E-state index contributed by atoms with van der Waals surface area (Å²) in [6.07, 6.45) is -4.86. The van der Waals surface area contributed by atoms with E-state index in [1.807, 2.05) is 0 Å². The first-order valence-corrected chi connectivity index (χ1v) is 27.4. The molecule has 5 rings (SSSR count). The van der Waals surface area contributed by atoms with Crippen molar-refractivity contribution in [3.8, 4) is 0 Å². The Hall–Kier alpha value is -7.78. The van der Waals surface area contributed by atoms with Crippen molar-refractivity contribution in [2.45, 2.75) is 157 Å². The number of aliphatic hydroxyl groups is 5. The third kappa shape index (κ3) is 18.9. The minimum Gasteiger partial charge on any atom is -0.394 e. The molecule has 85 heavy (non-hydrogen) atoms. The van der Waals surface area contributed by atoms with Crippen LogP contribution in [-0.4, -0.2) is 271 Å². The maximum Gasteiger partial charge on any atom is 0.271 e. The van der Waals surface area contributed by atoms with Gasteiger partial charge in [0.1, 0.15) is 54.2 Å². The third-order valence-electron chi connectivity index (χ3n) is 14.9. The molecule has 0 aromatic heterocycles. The van der Waals surface area contributed by atoms with Gasteiger partial charge in [0.15, 0.2) is 0 Å². The van der Waals surface area contributed by atoms with Crippen LogP contribution in [0.25, 0.3) is 0 Å². The molecule has 22 N–H and O–H groups in total. The highest BCUT2D eigenvalue weighted by Gasteiger charge is 2.53. The average molecular weight is 1210 g/mol. The lowest BCUT2D eigenvalue weighted by atomic mass is 9.72. The zero-order valence-corrected chi connectivity index (χ0v) is 46.6. The number of amides is 13. The lowest BCUT2D eigenvalue weighted by Crippen LogP contribution is -2.75. The maximum absolute atomic E-state index is 14.2. The number of carbonyl (C=O) groups excluding carboxylic acids is 13. The van der Waals surface area contributed by atoms with Crippen molar-refractivity contribution in [3.05, 3.63) is 0 Å². The van der Waals surface area contributed by atoms with Gasteiger partial charge in [0.25, 0.3) is 11.8 Å². The van der Waals surface area contributed by atoms with Crippen LogP contribution in [0, 0.1) is 5.92 Å². The number of hydrogen-bond acceptors (Lipinski definition) is 24. The second kappa shape index (κ2) is 31.4. The van der Waals surface area contributed by atoms with Crippen LogP contribution < -0.4 is 70.0 Å². The van der Waals surface area contributed by atoms with Crippen LogP contribution in [0.1, 0.15) is 71.6 Å². The van der Waals surface area contributed by atoms with E-state index in [2.05, 4.69) is 63.5 Å². The number of hydrogen-bond donors (Lipinski definition) is 20. The van der Waals surface area contributed by atoms with Crippen LogP contribution in [0.2, 0.25) is 0 Å². The summed E-state index contributed by atoms with van der Waals surface area (Å²) in [6.45, 7) is -1.36. The number of nitrogens with one attached hydrogen (secondary N) is 11. The minimum atomic E-state index is -2.16. The fraction of sp³-hybridized carbons (Fsp3) is 0.708. The number of primary amides is 2. The Morgan fingerprint density at radius 3 is 2.02 bits per heavy atom. The average Bonchev–Trinajstić information content (AvgIpc) is 2.50. The standard InChI is InChI=1S/C48H77N17O20/c1-20(42(77)54-16-37(74)58-24-4-3-9-63(84)47(24)82)56-36(73)15-53-43(78)21(2)57-46(81)30(13-34(49)71)65(85)48(83)27(19-67)60-38(75)17-55-44(79)23-5-7-51-40(61-23)26(18-66)62-45(80)28-6-8-52-41-25(59-35(72)14-33(70)39(50)76)10-22-11-31(68)32(69)12-29(22)64(28)41/h20-33,41,52,66-70,84-85H,3-19H2,1-2H3,(H2,49,71)(H2,50,76)(H,51,61)(H,53,78)(H,54,77)(H,55,79)(H,56,73)(H,57,81)(H,58,74)(H,59,72)(H,60,75)(H,62,80). The number of aliphatic imine (C=N–C) groups is 1. The van der Waals surface area contributed by atoms with Crippen molar-refractivity contribution in [1.29, 1.82) is 0 Å². The normalized spacial score (nSPS) is 25.9. The number of fused-ring (bicyclic) bond motifs is 3. The molecule has 37 nitrogen and oxygen atoms in total. The number of nitrogens with zero attached hydrogens (tertiary/aromatic N) is 4. The topological polar surface area (TPSA) is 570 Å². The molecule has 4 aliphatic heterocycles. The van der Waals surface area contributed by atoms with Crippen LogP contribution >= 0.6 is 0 Å². The number of carbonyl (C=O) groups is 13. The van der Waals surface area contributed by atoms with E-state index in [1.54, 1.807) is 4.90 Å². The molecule has 1 aliphatic carbocycles. The molecule has 4 heterocycles. The largest absolute Gasteiger partial charge is 0.394 e. The van der Waals surface area contributed by atoms with Crippen molar-refractivity contribution in [2.75, 3.05) is 52.5 Å². The van der Waals surface area contributed by atoms with Crippen molar-refractivity contribution in [3.63, 3.8) is 0 Å². The Labute approximate surface area is 484 Å². The Bertz CT molecular complexity index is 2550. The lowest BCUT2D eigenvalue weighted by Gasteiger charge is -2.57. The summed E-state index contributed by atoms with van der Waals surface area (Å²) >= 11 is 0. The Morgan fingerprint density at radius 2 is 1.38 bits per heavy atom. The van der Waals surface area contributed by atoms with E-state index in [1.165, 1.54) is 6.92 Å². The van der Waals surface area contributed by atoms with E-state index < -0.39 is 207 Å². The molecule has 0 radical (unpaired) electrons. The molecule has 3 saturated heterocycles. The van der Waals surface area contributed by atoms with E-state index in [0.29, 0.717) is 17.9 Å². The molecule has 5 aliphatic rings. The lowest BCUT2D eigenvalue weighted by molar-refractivity contribution is -0.184. The van der Waals surface area contributed by atoms with Gasteiger partial charge >= 0.3 is 0 Å². The molecule has 0 spiro atoms. The summed E-state index contributed by atoms with van der Waals surface area (Å²) in [6, 6.07) is -12.4. The molecule has 15 atom stereocenters. The first-order chi connectivity index (χ1) is 40.1. The van der Waals surface area contributed by atoms with Crippen molar-refractivity contribution < 1.29 is 98.3 Å². The van der Waals surface area contributed by atoms with Gasteiger partial charge in [-0.15, -0.1) is 0 Å². The van der Waals surface area contributed by atoms with Crippen molar-refractivity contribution in [2.24, 2.45) is 22.4 Å². The van der Waals surface area contributed by atoms with E-state index in [0.717, 1.165) is 6.92 Å². The number of aliphatic hydroxyl groups excluding tert-OH is 5.